The Morgan fingerprint density at radius 3 is 2.38 bits per heavy atom. The summed E-state index contributed by atoms with van der Waals surface area (Å²) in [7, 11) is 0. The minimum atomic E-state index is -5.21. The molecule has 0 bridgehead atoms. The number of ether oxygens (including phenoxy) is 1. The van der Waals surface area contributed by atoms with Crippen molar-refractivity contribution < 1.29 is 36.2 Å². The van der Waals surface area contributed by atoms with Gasteiger partial charge in [-0.1, -0.05) is 11.6 Å². The number of alkyl halides is 6. The SMILES string of the molecule is O=c1[nH]c(-c2nscc2O)nc(C(F)(F)F)c1Oc1ccc(Cl)c(C(F)(F)F)c1. The van der Waals surface area contributed by atoms with Crippen molar-refractivity contribution in [2.45, 2.75) is 12.4 Å². The number of aromatic hydroxyl groups is 1. The molecule has 0 amide bonds. The molecule has 0 aliphatic rings. The van der Waals surface area contributed by atoms with Gasteiger partial charge in [0.1, 0.15) is 5.75 Å². The highest BCUT2D eigenvalue weighted by atomic mass is 35.5. The third-order valence-electron chi connectivity index (χ3n) is 3.38. The van der Waals surface area contributed by atoms with E-state index in [-0.39, 0.29) is 0 Å². The molecule has 0 aliphatic carbocycles. The number of halogens is 7. The van der Waals surface area contributed by atoms with Gasteiger partial charge in [0.2, 0.25) is 5.75 Å². The quantitative estimate of drug-likeness (QED) is 0.535. The van der Waals surface area contributed by atoms with E-state index in [2.05, 4.69) is 9.36 Å². The molecule has 154 valence electrons. The van der Waals surface area contributed by atoms with Crippen LogP contribution in [0.3, 0.4) is 0 Å². The molecule has 0 saturated carbocycles. The average molecular weight is 458 g/mol. The molecule has 2 aromatic heterocycles. The van der Waals surface area contributed by atoms with Crippen LogP contribution in [-0.2, 0) is 12.4 Å². The normalized spacial score (nSPS) is 12.2. The summed E-state index contributed by atoms with van der Waals surface area (Å²) in [6.07, 6.45) is -10.1. The van der Waals surface area contributed by atoms with Gasteiger partial charge in [-0.2, -0.15) is 30.7 Å². The summed E-state index contributed by atoms with van der Waals surface area (Å²) in [5.41, 5.74) is -5.03. The van der Waals surface area contributed by atoms with Gasteiger partial charge in [-0.3, -0.25) is 4.79 Å². The Balaban J connectivity index is 2.13. The minimum Gasteiger partial charge on any atom is -0.505 e. The number of hydrogen-bond donors (Lipinski definition) is 2. The van der Waals surface area contributed by atoms with Gasteiger partial charge in [-0.05, 0) is 29.7 Å². The maximum absolute atomic E-state index is 13.4. The lowest BCUT2D eigenvalue weighted by atomic mass is 10.2. The summed E-state index contributed by atoms with van der Waals surface area (Å²) in [6.45, 7) is 0. The molecule has 0 saturated heterocycles. The first-order valence-corrected chi connectivity index (χ1v) is 8.49. The average Bonchev–Trinajstić information content (AvgIpc) is 3.02. The lowest BCUT2D eigenvalue weighted by molar-refractivity contribution is -0.142. The largest absolute Gasteiger partial charge is 0.505 e. The van der Waals surface area contributed by atoms with Crippen LogP contribution < -0.4 is 10.3 Å². The van der Waals surface area contributed by atoms with Gasteiger partial charge < -0.3 is 14.8 Å². The van der Waals surface area contributed by atoms with Crippen molar-refractivity contribution in [3.05, 3.63) is 50.2 Å². The van der Waals surface area contributed by atoms with E-state index in [9.17, 15) is 36.2 Å². The predicted octanol–water partition coefficient (Wildman–Crippen LogP) is 5.08. The zero-order valence-corrected chi connectivity index (χ0v) is 15.1. The van der Waals surface area contributed by atoms with E-state index in [0.29, 0.717) is 17.6 Å². The molecule has 3 aromatic rings. The zero-order chi connectivity index (χ0) is 21.6. The van der Waals surface area contributed by atoms with E-state index in [1.54, 1.807) is 0 Å². The number of nitrogens with zero attached hydrogens (tertiary/aromatic N) is 2. The lowest BCUT2D eigenvalue weighted by Gasteiger charge is -2.15. The summed E-state index contributed by atoms with van der Waals surface area (Å²) in [4.78, 5) is 17.4. The summed E-state index contributed by atoms with van der Waals surface area (Å²) in [5.74, 6) is -3.32. The first kappa shape index (κ1) is 20.9. The molecule has 0 radical (unpaired) electrons. The first-order chi connectivity index (χ1) is 13.4. The van der Waals surface area contributed by atoms with E-state index in [1.807, 2.05) is 4.98 Å². The van der Waals surface area contributed by atoms with Gasteiger partial charge in [0.25, 0.3) is 5.56 Å². The van der Waals surface area contributed by atoms with Gasteiger partial charge in [0.05, 0.1) is 16.0 Å². The van der Waals surface area contributed by atoms with E-state index < -0.39 is 63.0 Å². The standard InChI is InChI=1S/C15H6ClF6N3O3S/c16-7-2-1-5(3-6(7)14(17,18)19)28-10-11(15(20,21)22)23-12(24-13(10)27)9-8(26)4-29-25-9/h1-4,26H,(H,23,24,27). The summed E-state index contributed by atoms with van der Waals surface area (Å²) in [5, 5.41) is 9.97. The maximum atomic E-state index is 13.4. The number of aromatic nitrogens is 3. The highest BCUT2D eigenvalue weighted by Crippen LogP contribution is 2.40. The van der Waals surface area contributed by atoms with Crippen molar-refractivity contribution >= 4 is 23.1 Å². The molecule has 14 heteroatoms. The van der Waals surface area contributed by atoms with Crippen molar-refractivity contribution in [2.24, 2.45) is 0 Å². The van der Waals surface area contributed by atoms with Crippen LogP contribution >= 0.6 is 23.1 Å². The number of H-pyrrole nitrogens is 1. The molecule has 29 heavy (non-hydrogen) atoms. The second kappa shape index (κ2) is 7.22. The smallest absolute Gasteiger partial charge is 0.437 e. The molecule has 6 nitrogen and oxygen atoms in total. The van der Waals surface area contributed by atoms with E-state index in [4.69, 9.17) is 16.3 Å². The van der Waals surface area contributed by atoms with Crippen LogP contribution in [-0.4, -0.2) is 19.4 Å². The Morgan fingerprint density at radius 1 is 1.14 bits per heavy atom. The highest BCUT2D eigenvalue weighted by Gasteiger charge is 2.40. The molecular weight excluding hydrogens is 452 g/mol. The first-order valence-electron chi connectivity index (χ1n) is 7.27. The van der Waals surface area contributed by atoms with Gasteiger partial charge in [0, 0.05) is 0 Å². The Labute approximate surface area is 165 Å². The van der Waals surface area contributed by atoms with Crippen LogP contribution in [0.2, 0.25) is 5.02 Å². The molecule has 0 aliphatic heterocycles. The molecule has 3 rings (SSSR count). The monoisotopic (exact) mass is 457 g/mol. The summed E-state index contributed by atoms with van der Waals surface area (Å²) >= 11 is 6.14. The van der Waals surface area contributed by atoms with Crippen molar-refractivity contribution in [1.82, 2.24) is 14.3 Å². The number of hydrogen-bond acceptors (Lipinski definition) is 6. The Morgan fingerprint density at radius 2 is 1.83 bits per heavy atom. The third-order valence-corrected chi connectivity index (χ3v) is 4.33. The van der Waals surface area contributed by atoms with Crippen LogP contribution in [0.25, 0.3) is 11.5 Å². The van der Waals surface area contributed by atoms with Crippen molar-refractivity contribution in [2.75, 3.05) is 0 Å². The molecule has 0 spiro atoms. The van der Waals surface area contributed by atoms with E-state index >= 15 is 0 Å². The fourth-order valence-electron chi connectivity index (χ4n) is 2.16. The van der Waals surface area contributed by atoms with Crippen LogP contribution in [0.1, 0.15) is 11.3 Å². The fraction of sp³-hybridized carbons (Fsp3) is 0.133. The second-order valence-electron chi connectivity index (χ2n) is 5.38. The number of aromatic amines is 1. The van der Waals surface area contributed by atoms with Crippen molar-refractivity contribution in [3.8, 4) is 28.8 Å². The van der Waals surface area contributed by atoms with Crippen molar-refractivity contribution in [1.29, 1.82) is 0 Å². The van der Waals surface area contributed by atoms with E-state index in [0.717, 1.165) is 17.5 Å². The van der Waals surface area contributed by atoms with Crippen LogP contribution in [0.15, 0.2) is 28.4 Å². The Bertz CT molecular complexity index is 1130. The predicted molar refractivity (Wildman–Crippen MR) is 89.2 cm³/mol. The molecule has 2 heterocycles. The highest BCUT2D eigenvalue weighted by molar-refractivity contribution is 7.04. The maximum Gasteiger partial charge on any atom is 0.437 e. The third kappa shape index (κ3) is 4.29. The summed E-state index contributed by atoms with van der Waals surface area (Å²) < 4.78 is 87.4. The van der Waals surface area contributed by atoms with Crippen LogP contribution in [0, 0.1) is 0 Å². The molecular formula is C15H6ClF6N3O3S. The van der Waals surface area contributed by atoms with Crippen molar-refractivity contribution in [3.63, 3.8) is 0 Å². The fourth-order valence-corrected chi connectivity index (χ4v) is 2.93. The molecule has 0 unspecified atom stereocenters. The topological polar surface area (TPSA) is 88.1 Å². The lowest BCUT2D eigenvalue weighted by Crippen LogP contribution is -2.21. The second-order valence-corrected chi connectivity index (χ2v) is 6.42. The summed E-state index contributed by atoms with van der Waals surface area (Å²) in [6, 6.07) is 1.97. The van der Waals surface area contributed by atoms with Gasteiger partial charge in [-0.15, -0.1) is 0 Å². The Kier molecular flexibility index (Phi) is 5.21. The molecule has 1 aromatic carbocycles. The minimum absolute atomic E-state index is 0.349. The number of benzene rings is 1. The molecule has 2 N–H and O–H groups in total. The number of nitrogens with one attached hydrogen (secondary N) is 1. The van der Waals surface area contributed by atoms with Crippen LogP contribution in [0.5, 0.6) is 17.2 Å². The molecule has 0 fully saturated rings. The molecule has 0 atom stereocenters. The van der Waals surface area contributed by atoms with Gasteiger partial charge in [0.15, 0.2) is 23.0 Å². The zero-order valence-electron chi connectivity index (χ0n) is 13.5. The van der Waals surface area contributed by atoms with Gasteiger partial charge in [-0.25, -0.2) is 4.98 Å². The van der Waals surface area contributed by atoms with E-state index in [1.165, 1.54) is 0 Å². The van der Waals surface area contributed by atoms with Gasteiger partial charge >= 0.3 is 12.4 Å². The van der Waals surface area contributed by atoms with Crippen LogP contribution in [0.4, 0.5) is 26.3 Å². The Hall–Kier alpha value is -2.80. The number of rotatable bonds is 3.